The molecule has 2 aliphatic rings. The number of carbonyl (C=O) groups is 1. The normalized spacial score (nSPS) is 24.2. The number of rotatable bonds is 3. The minimum Gasteiger partial charge on any atom is -0.444 e. The Bertz CT molecular complexity index is 404. The van der Waals surface area contributed by atoms with Crippen molar-refractivity contribution >= 4 is 6.09 Å². The number of ether oxygens (including phenoxy) is 1. The van der Waals surface area contributed by atoms with E-state index in [0.717, 1.165) is 32.5 Å². The summed E-state index contributed by atoms with van der Waals surface area (Å²) >= 11 is 0. The zero-order valence-electron chi connectivity index (χ0n) is 15.2. The van der Waals surface area contributed by atoms with Gasteiger partial charge in [-0.2, -0.15) is 0 Å². The van der Waals surface area contributed by atoms with Gasteiger partial charge in [-0.15, -0.1) is 0 Å². The highest BCUT2D eigenvalue weighted by atomic mass is 16.6. The summed E-state index contributed by atoms with van der Waals surface area (Å²) in [5, 5.41) is 3.02. The van der Waals surface area contributed by atoms with Gasteiger partial charge in [-0.25, -0.2) is 4.79 Å². The van der Waals surface area contributed by atoms with Gasteiger partial charge in [0.2, 0.25) is 0 Å². The fourth-order valence-electron chi connectivity index (χ4n) is 3.40. The first-order valence-corrected chi connectivity index (χ1v) is 9.32. The minimum absolute atomic E-state index is 0.257. The van der Waals surface area contributed by atoms with Gasteiger partial charge in [0, 0.05) is 25.7 Å². The van der Waals surface area contributed by atoms with Crippen molar-refractivity contribution in [2.45, 2.75) is 83.8 Å². The molecule has 1 amide bonds. The van der Waals surface area contributed by atoms with Crippen LogP contribution in [0.3, 0.4) is 0 Å². The predicted molar refractivity (Wildman–Crippen MR) is 94.6 cm³/mol. The molecule has 0 bridgehead atoms. The molecule has 1 N–H and O–H groups in total. The van der Waals surface area contributed by atoms with Gasteiger partial charge in [-0.3, -0.25) is 4.90 Å². The van der Waals surface area contributed by atoms with E-state index in [2.05, 4.69) is 16.3 Å². The van der Waals surface area contributed by atoms with Crippen molar-refractivity contribution in [2.24, 2.45) is 0 Å². The molecule has 0 saturated carbocycles. The number of piperidine rings is 1. The van der Waals surface area contributed by atoms with Crippen molar-refractivity contribution in [3.8, 4) is 0 Å². The molecule has 0 radical (unpaired) electrons. The van der Waals surface area contributed by atoms with Crippen LogP contribution < -0.4 is 5.32 Å². The molecule has 0 spiro atoms. The summed E-state index contributed by atoms with van der Waals surface area (Å²) in [7, 11) is 0. The van der Waals surface area contributed by atoms with E-state index in [1.807, 2.05) is 20.8 Å². The SMILES string of the molecule is CC(C)(C)OC(=O)NC1CCN(C/C2=C/CCCCCC2)CC1. The van der Waals surface area contributed by atoms with Gasteiger partial charge < -0.3 is 10.1 Å². The van der Waals surface area contributed by atoms with Crippen LogP contribution in [-0.2, 0) is 4.74 Å². The number of carbonyl (C=O) groups excluding carboxylic acids is 1. The maximum Gasteiger partial charge on any atom is 0.407 e. The Hall–Kier alpha value is -1.03. The van der Waals surface area contributed by atoms with Crippen molar-refractivity contribution in [1.82, 2.24) is 10.2 Å². The fourth-order valence-corrected chi connectivity index (χ4v) is 3.40. The maximum absolute atomic E-state index is 11.8. The van der Waals surface area contributed by atoms with E-state index in [-0.39, 0.29) is 12.1 Å². The molecule has 1 aliphatic heterocycles. The number of nitrogens with one attached hydrogen (secondary N) is 1. The molecule has 0 unspecified atom stereocenters. The van der Waals surface area contributed by atoms with Gasteiger partial charge in [0.05, 0.1) is 0 Å². The Morgan fingerprint density at radius 3 is 2.61 bits per heavy atom. The van der Waals surface area contributed by atoms with Crippen LogP contribution in [0.5, 0.6) is 0 Å². The Morgan fingerprint density at radius 1 is 1.22 bits per heavy atom. The molecule has 4 nitrogen and oxygen atoms in total. The summed E-state index contributed by atoms with van der Waals surface area (Å²) in [6.45, 7) is 8.96. The predicted octanol–water partition coefficient (Wildman–Crippen LogP) is 4.26. The van der Waals surface area contributed by atoms with Crippen molar-refractivity contribution in [3.05, 3.63) is 11.6 Å². The Kier molecular flexibility index (Phi) is 6.94. The van der Waals surface area contributed by atoms with Crippen LogP contribution in [0.25, 0.3) is 0 Å². The third kappa shape index (κ3) is 7.38. The average molecular weight is 322 g/mol. The lowest BCUT2D eigenvalue weighted by Gasteiger charge is -2.33. The second kappa shape index (κ2) is 8.72. The number of hydrogen-bond acceptors (Lipinski definition) is 3. The third-order valence-electron chi connectivity index (χ3n) is 4.62. The van der Waals surface area contributed by atoms with Crippen LogP contribution in [0, 0.1) is 0 Å². The molecule has 1 heterocycles. The molecule has 0 aromatic rings. The van der Waals surface area contributed by atoms with Crippen LogP contribution in [-0.4, -0.2) is 42.3 Å². The number of likely N-dealkylation sites (tertiary alicyclic amines) is 1. The van der Waals surface area contributed by atoms with Crippen molar-refractivity contribution in [1.29, 1.82) is 0 Å². The molecular weight excluding hydrogens is 288 g/mol. The average Bonchev–Trinajstić information content (AvgIpc) is 2.41. The lowest BCUT2D eigenvalue weighted by molar-refractivity contribution is 0.0480. The topological polar surface area (TPSA) is 41.6 Å². The molecular formula is C19H34N2O2. The van der Waals surface area contributed by atoms with Crippen LogP contribution in [0.4, 0.5) is 4.79 Å². The van der Waals surface area contributed by atoms with Gasteiger partial charge in [0.15, 0.2) is 0 Å². The van der Waals surface area contributed by atoms with Gasteiger partial charge in [0.1, 0.15) is 5.60 Å². The van der Waals surface area contributed by atoms with E-state index < -0.39 is 5.60 Å². The number of alkyl carbamates (subject to hydrolysis) is 1. The smallest absolute Gasteiger partial charge is 0.407 e. The number of hydrogen-bond donors (Lipinski definition) is 1. The molecule has 2 rings (SSSR count). The molecule has 23 heavy (non-hydrogen) atoms. The summed E-state index contributed by atoms with van der Waals surface area (Å²) in [4.78, 5) is 14.4. The van der Waals surface area contributed by atoms with Crippen molar-refractivity contribution in [2.75, 3.05) is 19.6 Å². The minimum atomic E-state index is -0.421. The second-order valence-corrected chi connectivity index (χ2v) is 8.01. The van der Waals surface area contributed by atoms with Crippen molar-refractivity contribution < 1.29 is 9.53 Å². The molecule has 0 atom stereocenters. The number of allylic oxidation sites excluding steroid dienone is 1. The second-order valence-electron chi connectivity index (χ2n) is 8.01. The van der Waals surface area contributed by atoms with E-state index in [0.29, 0.717) is 0 Å². The monoisotopic (exact) mass is 322 g/mol. The van der Waals surface area contributed by atoms with Crippen LogP contribution in [0.2, 0.25) is 0 Å². The molecule has 1 saturated heterocycles. The molecule has 1 aliphatic carbocycles. The Balaban J connectivity index is 1.70. The first kappa shape index (κ1) is 18.3. The van der Waals surface area contributed by atoms with E-state index in [1.165, 1.54) is 38.5 Å². The maximum atomic E-state index is 11.8. The zero-order chi connectivity index (χ0) is 16.7. The summed E-state index contributed by atoms with van der Waals surface area (Å²) in [6.07, 6.45) is 12.3. The highest BCUT2D eigenvalue weighted by Gasteiger charge is 2.23. The fraction of sp³-hybridized carbons (Fsp3) is 0.842. The van der Waals surface area contributed by atoms with Crippen LogP contribution in [0.1, 0.15) is 72.1 Å². The van der Waals surface area contributed by atoms with E-state index in [4.69, 9.17) is 4.74 Å². The van der Waals surface area contributed by atoms with Gasteiger partial charge >= 0.3 is 6.09 Å². The lowest BCUT2D eigenvalue weighted by atomic mass is 9.98. The van der Waals surface area contributed by atoms with E-state index in [9.17, 15) is 4.79 Å². The van der Waals surface area contributed by atoms with Gasteiger partial charge in [0.25, 0.3) is 0 Å². The number of amides is 1. The van der Waals surface area contributed by atoms with Crippen molar-refractivity contribution in [3.63, 3.8) is 0 Å². The largest absolute Gasteiger partial charge is 0.444 e. The van der Waals surface area contributed by atoms with Gasteiger partial charge in [-0.05, 0) is 59.3 Å². The standard InChI is InChI=1S/C19H34N2O2/c1-19(2,3)23-18(22)20-17-11-13-21(14-12-17)15-16-9-7-5-4-6-8-10-16/h9,17H,4-8,10-15H2,1-3H3,(H,20,22)/b16-9+. The first-order valence-electron chi connectivity index (χ1n) is 9.32. The van der Waals surface area contributed by atoms with Crippen LogP contribution in [0.15, 0.2) is 11.6 Å². The number of nitrogens with zero attached hydrogens (tertiary/aromatic N) is 1. The lowest BCUT2D eigenvalue weighted by Crippen LogP contribution is -2.46. The Morgan fingerprint density at radius 2 is 1.91 bits per heavy atom. The highest BCUT2D eigenvalue weighted by molar-refractivity contribution is 5.68. The van der Waals surface area contributed by atoms with Crippen LogP contribution >= 0.6 is 0 Å². The Labute approximate surface area is 141 Å². The molecule has 4 heteroatoms. The van der Waals surface area contributed by atoms with E-state index >= 15 is 0 Å². The summed E-state index contributed by atoms with van der Waals surface area (Å²) in [6, 6.07) is 0.257. The molecule has 132 valence electrons. The summed E-state index contributed by atoms with van der Waals surface area (Å²) in [5.41, 5.74) is 1.21. The molecule has 0 aromatic heterocycles. The third-order valence-corrected chi connectivity index (χ3v) is 4.62. The van der Waals surface area contributed by atoms with E-state index in [1.54, 1.807) is 5.57 Å². The molecule has 0 aromatic carbocycles. The summed E-state index contributed by atoms with van der Waals surface area (Å²) in [5.74, 6) is 0. The van der Waals surface area contributed by atoms with Gasteiger partial charge in [-0.1, -0.05) is 24.5 Å². The zero-order valence-corrected chi connectivity index (χ0v) is 15.2. The quantitative estimate of drug-likeness (QED) is 0.790. The highest BCUT2D eigenvalue weighted by Crippen LogP contribution is 2.20. The first-order chi connectivity index (χ1) is 10.9. The summed E-state index contributed by atoms with van der Waals surface area (Å²) < 4.78 is 5.34. The molecule has 1 fully saturated rings.